The van der Waals surface area contributed by atoms with Crippen molar-refractivity contribution in [2.75, 3.05) is 0 Å². The molecule has 0 bridgehead atoms. The largest absolute Gasteiger partial charge is 0.545 e. The molecule has 0 radical (unpaired) electrons. The molecule has 6 nitrogen and oxygen atoms in total. The second-order valence-electron chi connectivity index (χ2n) is 4.93. The Morgan fingerprint density at radius 2 is 1.86 bits per heavy atom. The van der Waals surface area contributed by atoms with Crippen LogP contribution in [0.25, 0.3) is 11.4 Å². The summed E-state index contributed by atoms with van der Waals surface area (Å²) < 4.78 is 0. The number of carboxylic acid groups (broad SMARTS) is 1. The number of carboxylic acids is 1. The maximum Gasteiger partial charge on any atom is 0.204 e. The number of carbonyl (C=O) groups is 1. The van der Waals surface area contributed by atoms with Crippen LogP contribution in [0.4, 0.5) is 0 Å². The number of hydrogen-bond donors (Lipinski definition) is 0. The number of hydrogen-bond acceptors (Lipinski definition) is 5. The normalized spacial score (nSPS) is 10.6. The highest BCUT2D eigenvalue weighted by Gasteiger charge is 2.07. The molecule has 0 saturated carbocycles. The average molecular weight is 293 g/mol. The number of rotatable bonds is 4. The molecular weight excluding hydrogens is 280 g/mol. The second-order valence-corrected chi connectivity index (χ2v) is 4.93. The van der Waals surface area contributed by atoms with Crippen LogP contribution in [0.15, 0.2) is 48.5 Å². The first-order valence-corrected chi connectivity index (χ1v) is 6.77. The van der Waals surface area contributed by atoms with Crippen LogP contribution < -0.4 is 5.11 Å². The van der Waals surface area contributed by atoms with Crippen molar-refractivity contribution < 1.29 is 9.90 Å². The first-order chi connectivity index (χ1) is 10.6. The molecule has 0 saturated heterocycles. The van der Waals surface area contributed by atoms with Crippen molar-refractivity contribution in [1.82, 2.24) is 20.2 Å². The lowest BCUT2D eigenvalue weighted by molar-refractivity contribution is -0.255. The van der Waals surface area contributed by atoms with Gasteiger partial charge >= 0.3 is 0 Å². The van der Waals surface area contributed by atoms with Crippen molar-refractivity contribution in [3.8, 4) is 11.4 Å². The van der Waals surface area contributed by atoms with Gasteiger partial charge in [-0.25, -0.2) is 0 Å². The van der Waals surface area contributed by atoms with E-state index in [2.05, 4.69) is 15.4 Å². The molecule has 1 heterocycles. The van der Waals surface area contributed by atoms with Crippen molar-refractivity contribution in [1.29, 1.82) is 0 Å². The summed E-state index contributed by atoms with van der Waals surface area (Å²) >= 11 is 0. The Morgan fingerprint density at radius 1 is 1.14 bits per heavy atom. The second kappa shape index (κ2) is 5.77. The van der Waals surface area contributed by atoms with E-state index >= 15 is 0 Å². The van der Waals surface area contributed by atoms with Crippen LogP contribution in [-0.2, 0) is 6.54 Å². The van der Waals surface area contributed by atoms with E-state index in [4.69, 9.17) is 0 Å². The van der Waals surface area contributed by atoms with Crippen LogP contribution in [-0.4, -0.2) is 26.2 Å². The first-order valence-electron chi connectivity index (χ1n) is 6.77. The van der Waals surface area contributed by atoms with Crippen molar-refractivity contribution >= 4 is 5.97 Å². The monoisotopic (exact) mass is 293 g/mol. The van der Waals surface area contributed by atoms with E-state index in [9.17, 15) is 9.90 Å². The summed E-state index contributed by atoms with van der Waals surface area (Å²) in [5.74, 6) is -0.749. The molecule has 3 rings (SSSR count). The van der Waals surface area contributed by atoms with E-state index in [1.54, 1.807) is 12.1 Å². The summed E-state index contributed by atoms with van der Waals surface area (Å²) in [6.07, 6.45) is 0. The molecule has 1 aromatic heterocycles. The third-order valence-electron chi connectivity index (χ3n) is 3.40. The number of aryl methyl sites for hydroxylation is 1. The number of carbonyl (C=O) groups excluding carboxylic acids is 1. The molecule has 0 spiro atoms. The maximum absolute atomic E-state index is 10.7. The summed E-state index contributed by atoms with van der Waals surface area (Å²) in [5.41, 5.74) is 3.12. The smallest absolute Gasteiger partial charge is 0.204 e. The fourth-order valence-electron chi connectivity index (χ4n) is 2.12. The molecule has 3 aromatic rings. The van der Waals surface area contributed by atoms with Gasteiger partial charge in [0.1, 0.15) is 0 Å². The number of benzene rings is 2. The molecule has 110 valence electrons. The van der Waals surface area contributed by atoms with Gasteiger partial charge in [-0.3, -0.25) is 0 Å². The summed E-state index contributed by atoms with van der Waals surface area (Å²) in [6.45, 7) is 2.57. The molecule has 0 fully saturated rings. The third kappa shape index (κ3) is 2.85. The van der Waals surface area contributed by atoms with Gasteiger partial charge in [-0.15, -0.1) is 10.2 Å². The highest BCUT2D eigenvalue weighted by atomic mass is 16.4. The molecule has 0 aliphatic rings. The zero-order chi connectivity index (χ0) is 15.5. The van der Waals surface area contributed by atoms with Gasteiger partial charge in [0.15, 0.2) is 0 Å². The SMILES string of the molecule is Cc1ccccc1Cn1nnc(-c2ccc(C(=O)[O-])cc2)n1. The topological polar surface area (TPSA) is 83.7 Å². The molecule has 0 aliphatic carbocycles. The lowest BCUT2D eigenvalue weighted by Gasteiger charge is -2.03. The number of tetrazole rings is 1. The van der Waals surface area contributed by atoms with E-state index < -0.39 is 5.97 Å². The molecular formula is C16H13N4O2-. The minimum absolute atomic E-state index is 0.121. The summed E-state index contributed by atoms with van der Waals surface area (Å²) in [5, 5.41) is 23.1. The van der Waals surface area contributed by atoms with Gasteiger partial charge in [-0.05, 0) is 28.8 Å². The third-order valence-corrected chi connectivity index (χ3v) is 3.40. The zero-order valence-corrected chi connectivity index (χ0v) is 11.9. The van der Waals surface area contributed by atoms with E-state index in [0.29, 0.717) is 17.9 Å². The van der Waals surface area contributed by atoms with Crippen molar-refractivity contribution in [2.24, 2.45) is 0 Å². The fourth-order valence-corrected chi connectivity index (χ4v) is 2.12. The number of nitrogens with zero attached hydrogens (tertiary/aromatic N) is 4. The van der Waals surface area contributed by atoms with Gasteiger partial charge in [0.2, 0.25) is 5.82 Å². The fraction of sp³-hybridized carbons (Fsp3) is 0.125. The van der Waals surface area contributed by atoms with Gasteiger partial charge in [-0.1, -0.05) is 48.5 Å². The lowest BCUT2D eigenvalue weighted by Crippen LogP contribution is -2.21. The van der Waals surface area contributed by atoms with Gasteiger partial charge in [0.25, 0.3) is 0 Å². The van der Waals surface area contributed by atoms with Crippen molar-refractivity contribution in [3.63, 3.8) is 0 Å². The Kier molecular flexibility index (Phi) is 3.65. The Morgan fingerprint density at radius 3 is 2.55 bits per heavy atom. The molecule has 0 aliphatic heterocycles. The molecule has 0 unspecified atom stereocenters. The van der Waals surface area contributed by atoms with Gasteiger partial charge < -0.3 is 9.90 Å². The Bertz CT molecular complexity index is 809. The van der Waals surface area contributed by atoms with Crippen molar-refractivity contribution in [3.05, 3.63) is 65.2 Å². The average Bonchev–Trinajstić information content (AvgIpc) is 2.98. The van der Waals surface area contributed by atoms with Gasteiger partial charge in [0.05, 0.1) is 12.5 Å². The van der Waals surface area contributed by atoms with Gasteiger partial charge in [0, 0.05) is 5.56 Å². The molecule has 6 heteroatoms. The Hall–Kier alpha value is -3.02. The number of aromatic nitrogens is 4. The summed E-state index contributed by atoms with van der Waals surface area (Å²) in [7, 11) is 0. The standard InChI is InChI=1S/C16H14N4O2/c1-11-4-2-3-5-14(11)10-20-18-15(17-19-20)12-6-8-13(9-7-12)16(21)22/h2-9H,10H2,1H3,(H,21,22)/p-1. The van der Waals surface area contributed by atoms with Crippen LogP contribution in [0.2, 0.25) is 0 Å². The Balaban J connectivity index is 1.81. The number of aromatic carboxylic acids is 1. The first kappa shape index (κ1) is 13.9. The van der Waals surface area contributed by atoms with E-state index in [0.717, 1.165) is 5.56 Å². The predicted octanol–water partition coefficient (Wildman–Crippen LogP) is 1.06. The predicted molar refractivity (Wildman–Crippen MR) is 77.9 cm³/mol. The Labute approximate surface area is 127 Å². The molecule has 2 aromatic carbocycles. The van der Waals surface area contributed by atoms with Crippen LogP contribution >= 0.6 is 0 Å². The minimum atomic E-state index is -1.21. The zero-order valence-electron chi connectivity index (χ0n) is 11.9. The van der Waals surface area contributed by atoms with E-state index in [1.807, 2.05) is 31.2 Å². The molecule has 0 atom stereocenters. The molecule has 22 heavy (non-hydrogen) atoms. The lowest BCUT2D eigenvalue weighted by atomic mass is 10.1. The van der Waals surface area contributed by atoms with E-state index in [1.165, 1.54) is 22.5 Å². The molecule has 0 amide bonds. The van der Waals surface area contributed by atoms with Crippen molar-refractivity contribution in [2.45, 2.75) is 13.5 Å². The highest BCUT2D eigenvalue weighted by molar-refractivity contribution is 5.86. The van der Waals surface area contributed by atoms with Crippen LogP contribution in [0.1, 0.15) is 21.5 Å². The van der Waals surface area contributed by atoms with E-state index in [-0.39, 0.29) is 5.56 Å². The quantitative estimate of drug-likeness (QED) is 0.718. The summed E-state index contributed by atoms with van der Waals surface area (Å²) in [4.78, 5) is 12.2. The highest BCUT2D eigenvalue weighted by Crippen LogP contribution is 2.15. The van der Waals surface area contributed by atoms with Crippen LogP contribution in [0.5, 0.6) is 0 Å². The molecule has 0 N–H and O–H groups in total. The van der Waals surface area contributed by atoms with Gasteiger partial charge in [-0.2, -0.15) is 4.80 Å². The van der Waals surface area contributed by atoms with Crippen LogP contribution in [0.3, 0.4) is 0 Å². The minimum Gasteiger partial charge on any atom is -0.545 e. The summed E-state index contributed by atoms with van der Waals surface area (Å²) in [6, 6.07) is 14.2. The maximum atomic E-state index is 10.7. The van der Waals surface area contributed by atoms with Crippen LogP contribution in [0, 0.1) is 6.92 Å².